The van der Waals surface area contributed by atoms with Gasteiger partial charge in [-0.25, -0.2) is 13.1 Å². The Hall–Kier alpha value is -1.36. The minimum Gasteiger partial charge on any atom is -0.406 e. The zero-order valence-corrected chi connectivity index (χ0v) is 15.6. The molecular weight excluding hydrogens is 371 g/mol. The number of hydrogen-bond acceptors (Lipinski definition) is 5. The number of piperazine rings is 1. The zero-order chi connectivity index (χ0) is 19.4. The Bertz CT molecular complexity index is 689. The Labute approximate surface area is 152 Å². The van der Waals surface area contributed by atoms with Crippen molar-refractivity contribution in [3.8, 4) is 5.75 Å². The summed E-state index contributed by atoms with van der Waals surface area (Å²) in [6, 6.07) is 4.36. The molecule has 1 fully saturated rings. The summed E-state index contributed by atoms with van der Waals surface area (Å²) in [5, 5.41) is 0. The van der Waals surface area contributed by atoms with Crippen molar-refractivity contribution in [2.24, 2.45) is 5.92 Å². The highest BCUT2D eigenvalue weighted by Gasteiger charge is 2.31. The van der Waals surface area contributed by atoms with Crippen LogP contribution in [0.1, 0.15) is 6.92 Å². The molecule has 26 heavy (non-hydrogen) atoms. The van der Waals surface area contributed by atoms with Gasteiger partial charge in [0.2, 0.25) is 10.0 Å². The average Bonchev–Trinajstić information content (AvgIpc) is 2.54. The predicted molar refractivity (Wildman–Crippen MR) is 91.4 cm³/mol. The number of rotatable bonds is 7. The maximum absolute atomic E-state index is 12.3. The third-order valence-corrected chi connectivity index (χ3v) is 5.56. The lowest BCUT2D eigenvalue weighted by atomic mass is 10.1. The summed E-state index contributed by atoms with van der Waals surface area (Å²) < 4.78 is 67.7. The molecule has 10 heteroatoms. The fraction of sp³-hybridized carbons (Fsp3) is 0.625. The fourth-order valence-electron chi connectivity index (χ4n) is 2.71. The first-order chi connectivity index (χ1) is 12.0. The summed E-state index contributed by atoms with van der Waals surface area (Å²) in [6.07, 6.45) is -4.87. The van der Waals surface area contributed by atoms with Crippen molar-refractivity contribution in [3.63, 3.8) is 0 Å². The van der Waals surface area contributed by atoms with Crippen LogP contribution in [0.3, 0.4) is 0 Å². The molecule has 0 amide bonds. The van der Waals surface area contributed by atoms with Crippen LogP contribution in [0, 0.1) is 5.92 Å². The molecule has 0 aliphatic carbocycles. The molecule has 0 radical (unpaired) electrons. The first-order valence-corrected chi connectivity index (χ1v) is 9.80. The van der Waals surface area contributed by atoms with E-state index in [0.717, 1.165) is 44.9 Å². The van der Waals surface area contributed by atoms with Crippen molar-refractivity contribution in [2.75, 3.05) is 46.3 Å². The Kier molecular flexibility index (Phi) is 6.89. The van der Waals surface area contributed by atoms with Gasteiger partial charge in [-0.2, -0.15) is 0 Å². The van der Waals surface area contributed by atoms with Gasteiger partial charge >= 0.3 is 6.36 Å². The third-order valence-electron chi connectivity index (χ3n) is 4.14. The summed E-state index contributed by atoms with van der Waals surface area (Å²) in [5.74, 6) is -0.492. The van der Waals surface area contributed by atoms with E-state index in [1.165, 1.54) is 12.1 Å². The highest BCUT2D eigenvalue weighted by molar-refractivity contribution is 7.89. The second-order valence-corrected chi connectivity index (χ2v) is 8.35. The molecule has 0 aromatic heterocycles. The fourth-order valence-corrected chi connectivity index (χ4v) is 3.91. The Balaban J connectivity index is 1.90. The number of alkyl halides is 3. The van der Waals surface area contributed by atoms with E-state index in [2.05, 4.69) is 26.3 Å². The standard InChI is InChI=1S/C16H24F3N3O3S/c1-13(12-22-8-6-21(2)7-9-22)11-20-26(23,24)15-5-3-4-14(10-15)25-16(17,18)19/h3-5,10,13,20H,6-9,11-12H2,1-2H3. The van der Waals surface area contributed by atoms with Gasteiger partial charge in [0, 0.05) is 45.3 Å². The van der Waals surface area contributed by atoms with Gasteiger partial charge in [0.25, 0.3) is 0 Å². The van der Waals surface area contributed by atoms with E-state index in [1.54, 1.807) is 0 Å². The second kappa shape index (κ2) is 8.55. The number of halogens is 3. The van der Waals surface area contributed by atoms with Gasteiger partial charge < -0.3 is 14.5 Å². The van der Waals surface area contributed by atoms with Gasteiger partial charge in [0.05, 0.1) is 4.90 Å². The molecule has 0 bridgehead atoms. The molecule has 0 saturated carbocycles. The molecule has 0 spiro atoms. The van der Waals surface area contributed by atoms with Gasteiger partial charge in [0.15, 0.2) is 0 Å². The maximum atomic E-state index is 12.3. The van der Waals surface area contributed by atoms with Crippen LogP contribution in [0.25, 0.3) is 0 Å². The lowest BCUT2D eigenvalue weighted by Crippen LogP contribution is -2.46. The maximum Gasteiger partial charge on any atom is 0.573 e. The summed E-state index contributed by atoms with van der Waals surface area (Å²) >= 11 is 0. The van der Waals surface area contributed by atoms with Crippen molar-refractivity contribution >= 4 is 10.0 Å². The van der Waals surface area contributed by atoms with E-state index in [9.17, 15) is 21.6 Å². The van der Waals surface area contributed by atoms with E-state index in [-0.39, 0.29) is 17.4 Å². The minimum atomic E-state index is -4.87. The van der Waals surface area contributed by atoms with Gasteiger partial charge in [0.1, 0.15) is 5.75 Å². The van der Waals surface area contributed by atoms with Crippen molar-refractivity contribution in [1.29, 1.82) is 0 Å². The topological polar surface area (TPSA) is 61.9 Å². The third kappa shape index (κ3) is 6.75. The molecule has 1 aliphatic heterocycles. The summed E-state index contributed by atoms with van der Waals surface area (Å²) in [6.45, 7) is 6.72. The molecule has 148 valence electrons. The predicted octanol–water partition coefficient (Wildman–Crippen LogP) is 1.75. The monoisotopic (exact) mass is 395 g/mol. The quantitative estimate of drug-likeness (QED) is 0.762. The van der Waals surface area contributed by atoms with Crippen LogP contribution >= 0.6 is 0 Å². The largest absolute Gasteiger partial charge is 0.573 e. The number of hydrogen-bond donors (Lipinski definition) is 1. The SMILES string of the molecule is CC(CNS(=O)(=O)c1cccc(OC(F)(F)F)c1)CN1CCN(C)CC1. The highest BCUT2D eigenvalue weighted by atomic mass is 32.2. The molecular formula is C16H24F3N3O3S. The molecule has 1 aliphatic rings. The molecule has 1 aromatic rings. The summed E-state index contributed by atoms with van der Waals surface area (Å²) in [4.78, 5) is 4.25. The van der Waals surface area contributed by atoms with Crippen LogP contribution in [-0.4, -0.2) is 70.9 Å². The molecule has 6 nitrogen and oxygen atoms in total. The lowest BCUT2D eigenvalue weighted by molar-refractivity contribution is -0.274. The molecule has 1 atom stereocenters. The Morgan fingerprint density at radius 3 is 2.50 bits per heavy atom. The molecule has 2 rings (SSSR count). The van der Waals surface area contributed by atoms with E-state index in [1.807, 2.05) is 6.92 Å². The van der Waals surface area contributed by atoms with E-state index in [4.69, 9.17) is 0 Å². The van der Waals surface area contributed by atoms with Crippen molar-refractivity contribution < 1.29 is 26.3 Å². The van der Waals surface area contributed by atoms with Gasteiger partial charge in [-0.15, -0.1) is 13.2 Å². The summed E-state index contributed by atoms with van der Waals surface area (Å²) in [5.41, 5.74) is 0. The smallest absolute Gasteiger partial charge is 0.406 e. The van der Waals surface area contributed by atoms with Gasteiger partial charge in [-0.1, -0.05) is 13.0 Å². The molecule has 1 saturated heterocycles. The summed E-state index contributed by atoms with van der Waals surface area (Å²) in [7, 11) is -1.85. The van der Waals surface area contributed by atoms with Crippen LogP contribution < -0.4 is 9.46 Å². The van der Waals surface area contributed by atoms with Gasteiger partial charge in [-0.05, 0) is 25.1 Å². The van der Waals surface area contributed by atoms with E-state index < -0.39 is 22.1 Å². The van der Waals surface area contributed by atoms with Crippen LogP contribution in [0.5, 0.6) is 5.75 Å². The van der Waals surface area contributed by atoms with Crippen LogP contribution in [0.2, 0.25) is 0 Å². The van der Waals surface area contributed by atoms with Gasteiger partial charge in [-0.3, -0.25) is 0 Å². The van der Waals surface area contributed by atoms with Crippen molar-refractivity contribution in [1.82, 2.24) is 14.5 Å². The Morgan fingerprint density at radius 1 is 1.23 bits per heavy atom. The van der Waals surface area contributed by atoms with Crippen molar-refractivity contribution in [2.45, 2.75) is 18.2 Å². The number of nitrogens with one attached hydrogen (secondary N) is 1. The average molecular weight is 395 g/mol. The first kappa shape index (κ1) is 20.9. The van der Waals surface area contributed by atoms with Crippen molar-refractivity contribution in [3.05, 3.63) is 24.3 Å². The molecule has 1 heterocycles. The molecule has 1 N–H and O–H groups in total. The molecule has 1 aromatic carbocycles. The first-order valence-electron chi connectivity index (χ1n) is 8.31. The second-order valence-electron chi connectivity index (χ2n) is 6.58. The highest BCUT2D eigenvalue weighted by Crippen LogP contribution is 2.24. The van der Waals surface area contributed by atoms with E-state index >= 15 is 0 Å². The number of nitrogens with zero attached hydrogens (tertiary/aromatic N) is 2. The lowest BCUT2D eigenvalue weighted by Gasteiger charge is -2.33. The van der Waals surface area contributed by atoms with Crippen LogP contribution in [0.15, 0.2) is 29.2 Å². The number of ether oxygens (including phenoxy) is 1. The number of benzene rings is 1. The normalized spacial score (nSPS) is 18.7. The minimum absolute atomic E-state index is 0.0720. The van der Waals surface area contributed by atoms with Crippen LogP contribution in [0.4, 0.5) is 13.2 Å². The van der Waals surface area contributed by atoms with Crippen LogP contribution in [-0.2, 0) is 10.0 Å². The Morgan fingerprint density at radius 2 is 1.88 bits per heavy atom. The van der Waals surface area contributed by atoms with E-state index in [0.29, 0.717) is 0 Å². The number of likely N-dealkylation sites (N-methyl/N-ethyl adjacent to an activating group) is 1. The number of sulfonamides is 1. The molecule has 1 unspecified atom stereocenters. The zero-order valence-electron chi connectivity index (χ0n) is 14.8.